The Morgan fingerprint density at radius 1 is 1.10 bits per heavy atom. The van der Waals surface area contributed by atoms with Crippen LogP contribution in [-0.4, -0.2) is 63.1 Å². The number of halogens is 1. The number of imidazole rings is 1. The Bertz CT molecular complexity index is 878. The SMILES string of the molecule is CC(C)(C)n1ccnc1SCC(=O)N1CCCN(C(=O)c2ccccc2Cl)CC1. The molecule has 1 fully saturated rings. The second kappa shape index (κ2) is 9.22. The molecule has 1 aliphatic heterocycles. The van der Waals surface area contributed by atoms with E-state index >= 15 is 0 Å². The number of aromatic nitrogens is 2. The molecule has 3 rings (SSSR count). The van der Waals surface area contributed by atoms with E-state index in [0.29, 0.717) is 42.5 Å². The molecule has 29 heavy (non-hydrogen) atoms. The Labute approximate surface area is 181 Å². The quantitative estimate of drug-likeness (QED) is 0.687. The average Bonchev–Trinajstić information content (AvgIpc) is 3.03. The van der Waals surface area contributed by atoms with Crippen LogP contribution < -0.4 is 0 Å². The van der Waals surface area contributed by atoms with Gasteiger partial charge < -0.3 is 14.4 Å². The molecule has 0 bridgehead atoms. The predicted molar refractivity (Wildman–Crippen MR) is 116 cm³/mol. The Kier molecular flexibility index (Phi) is 6.90. The second-order valence-electron chi connectivity index (χ2n) is 8.05. The summed E-state index contributed by atoms with van der Waals surface area (Å²) in [4.78, 5) is 33.6. The highest BCUT2D eigenvalue weighted by Crippen LogP contribution is 2.24. The van der Waals surface area contributed by atoms with E-state index < -0.39 is 0 Å². The van der Waals surface area contributed by atoms with Crippen molar-refractivity contribution in [3.63, 3.8) is 0 Å². The Morgan fingerprint density at radius 3 is 2.52 bits per heavy atom. The summed E-state index contributed by atoms with van der Waals surface area (Å²) in [6, 6.07) is 7.09. The molecule has 0 saturated carbocycles. The zero-order valence-electron chi connectivity index (χ0n) is 17.1. The van der Waals surface area contributed by atoms with Gasteiger partial charge in [-0.05, 0) is 39.3 Å². The molecule has 1 aliphatic rings. The van der Waals surface area contributed by atoms with Crippen molar-refractivity contribution in [2.45, 2.75) is 37.9 Å². The lowest BCUT2D eigenvalue weighted by Gasteiger charge is -2.24. The van der Waals surface area contributed by atoms with Crippen LogP contribution in [0.25, 0.3) is 0 Å². The Morgan fingerprint density at radius 2 is 1.79 bits per heavy atom. The van der Waals surface area contributed by atoms with Gasteiger partial charge in [-0.25, -0.2) is 4.98 Å². The van der Waals surface area contributed by atoms with Gasteiger partial charge in [-0.3, -0.25) is 9.59 Å². The van der Waals surface area contributed by atoms with E-state index in [1.165, 1.54) is 11.8 Å². The van der Waals surface area contributed by atoms with Gasteiger partial charge in [0.05, 0.1) is 16.3 Å². The van der Waals surface area contributed by atoms with Crippen LogP contribution >= 0.6 is 23.4 Å². The maximum Gasteiger partial charge on any atom is 0.255 e. The van der Waals surface area contributed by atoms with Gasteiger partial charge in [-0.2, -0.15) is 0 Å². The second-order valence-corrected chi connectivity index (χ2v) is 9.40. The van der Waals surface area contributed by atoms with E-state index in [-0.39, 0.29) is 17.4 Å². The lowest BCUT2D eigenvalue weighted by Crippen LogP contribution is -2.38. The average molecular weight is 435 g/mol. The van der Waals surface area contributed by atoms with Crippen LogP contribution in [-0.2, 0) is 10.3 Å². The number of carbonyl (C=O) groups excluding carboxylic acids is 2. The highest BCUT2D eigenvalue weighted by Gasteiger charge is 2.24. The number of rotatable bonds is 4. The molecule has 156 valence electrons. The minimum absolute atomic E-state index is 0.0745. The summed E-state index contributed by atoms with van der Waals surface area (Å²) in [5.74, 6) is 0.336. The van der Waals surface area contributed by atoms with E-state index in [9.17, 15) is 9.59 Å². The zero-order chi connectivity index (χ0) is 21.0. The fraction of sp³-hybridized carbons (Fsp3) is 0.476. The molecule has 2 aromatic rings. The minimum Gasteiger partial charge on any atom is -0.340 e. The van der Waals surface area contributed by atoms with Crippen LogP contribution in [0, 0.1) is 0 Å². The summed E-state index contributed by atoms with van der Waals surface area (Å²) in [5.41, 5.74) is 0.433. The smallest absolute Gasteiger partial charge is 0.255 e. The number of nitrogens with zero attached hydrogens (tertiary/aromatic N) is 4. The van der Waals surface area contributed by atoms with Crippen LogP contribution in [0.15, 0.2) is 41.8 Å². The molecular weight excluding hydrogens is 408 g/mol. The van der Waals surface area contributed by atoms with Gasteiger partial charge in [0.1, 0.15) is 0 Å². The van der Waals surface area contributed by atoms with E-state index in [4.69, 9.17) is 11.6 Å². The normalized spacial score (nSPS) is 15.3. The first-order chi connectivity index (χ1) is 13.8. The molecule has 2 amide bonds. The predicted octanol–water partition coefficient (Wildman–Crippen LogP) is 3.76. The van der Waals surface area contributed by atoms with E-state index in [1.807, 2.05) is 23.2 Å². The first-order valence-corrected chi connectivity index (χ1v) is 11.1. The molecule has 0 unspecified atom stereocenters. The van der Waals surface area contributed by atoms with E-state index in [1.54, 1.807) is 23.2 Å². The van der Waals surface area contributed by atoms with Gasteiger partial charge in [0.2, 0.25) is 5.91 Å². The highest BCUT2D eigenvalue weighted by atomic mass is 35.5. The van der Waals surface area contributed by atoms with Crippen molar-refractivity contribution in [3.05, 3.63) is 47.2 Å². The molecule has 1 aromatic carbocycles. The fourth-order valence-corrected chi connectivity index (χ4v) is 4.56. The van der Waals surface area contributed by atoms with Gasteiger partial charge in [0, 0.05) is 44.1 Å². The molecule has 1 aromatic heterocycles. The van der Waals surface area contributed by atoms with Crippen LogP contribution in [0.1, 0.15) is 37.6 Å². The largest absolute Gasteiger partial charge is 0.340 e. The van der Waals surface area contributed by atoms with E-state index in [2.05, 4.69) is 30.3 Å². The summed E-state index contributed by atoms with van der Waals surface area (Å²) in [6.45, 7) is 8.65. The molecule has 1 saturated heterocycles. The zero-order valence-corrected chi connectivity index (χ0v) is 18.7. The van der Waals surface area contributed by atoms with Crippen molar-refractivity contribution in [2.75, 3.05) is 31.9 Å². The van der Waals surface area contributed by atoms with Crippen molar-refractivity contribution in [1.82, 2.24) is 19.4 Å². The maximum atomic E-state index is 12.8. The first-order valence-electron chi connectivity index (χ1n) is 9.75. The monoisotopic (exact) mass is 434 g/mol. The van der Waals surface area contributed by atoms with Crippen LogP contribution in [0.3, 0.4) is 0 Å². The molecule has 0 spiro atoms. The molecule has 0 atom stereocenters. The third-order valence-electron chi connectivity index (χ3n) is 4.89. The summed E-state index contributed by atoms with van der Waals surface area (Å²) in [6.07, 6.45) is 4.46. The Hall–Kier alpha value is -1.99. The molecule has 0 aliphatic carbocycles. The first kappa shape index (κ1) is 21.7. The molecule has 8 heteroatoms. The standard InChI is InChI=1S/C21H27ClN4O2S/c1-21(2,3)26-12-9-23-20(26)29-15-18(27)24-10-6-11-25(14-13-24)19(28)16-7-4-5-8-17(16)22/h4-5,7-9,12H,6,10-11,13-15H2,1-3H3. The summed E-state index contributed by atoms with van der Waals surface area (Å²) < 4.78 is 2.08. The topological polar surface area (TPSA) is 58.4 Å². The number of carbonyl (C=O) groups is 2. The maximum absolute atomic E-state index is 12.8. The van der Waals surface area contributed by atoms with Crippen LogP contribution in [0.4, 0.5) is 0 Å². The minimum atomic E-state index is -0.0793. The summed E-state index contributed by atoms with van der Waals surface area (Å²) in [5, 5.41) is 1.30. The molecular formula is C21H27ClN4O2S. The number of hydrogen-bond acceptors (Lipinski definition) is 4. The molecule has 0 N–H and O–H groups in total. The summed E-state index contributed by atoms with van der Waals surface area (Å²) in [7, 11) is 0. The Balaban J connectivity index is 1.57. The number of hydrogen-bond donors (Lipinski definition) is 0. The lowest BCUT2D eigenvalue weighted by molar-refractivity contribution is -0.128. The molecule has 6 nitrogen and oxygen atoms in total. The van der Waals surface area contributed by atoms with Crippen LogP contribution in [0.5, 0.6) is 0 Å². The lowest BCUT2D eigenvalue weighted by atomic mass is 10.1. The fourth-order valence-electron chi connectivity index (χ4n) is 3.30. The van der Waals surface area contributed by atoms with Gasteiger partial charge in [0.15, 0.2) is 5.16 Å². The third-order valence-corrected chi connectivity index (χ3v) is 6.18. The van der Waals surface area contributed by atoms with Crippen molar-refractivity contribution < 1.29 is 9.59 Å². The van der Waals surface area contributed by atoms with Crippen molar-refractivity contribution in [3.8, 4) is 0 Å². The van der Waals surface area contributed by atoms with Crippen LogP contribution in [0.2, 0.25) is 5.02 Å². The van der Waals surface area contributed by atoms with E-state index in [0.717, 1.165) is 11.6 Å². The molecule has 0 radical (unpaired) electrons. The number of benzene rings is 1. The number of thioether (sulfide) groups is 1. The third kappa shape index (κ3) is 5.34. The van der Waals surface area contributed by atoms with Crippen molar-refractivity contribution in [2.24, 2.45) is 0 Å². The van der Waals surface area contributed by atoms with Gasteiger partial charge >= 0.3 is 0 Å². The van der Waals surface area contributed by atoms with Gasteiger partial charge in [0.25, 0.3) is 5.91 Å². The highest BCUT2D eigenvalue weighted by molar-refractivity contribution is 7.99. The van der Waals surface area contributed by atoms with Crippen molar-refractivity contribution in [1.29, 1.82) is 0 Å². The van der Waals surface area contributed by atoms with Crippen molar-refractivity contribution >= 4 is 35.2 Å². The molecule has 2 heterocycles. The summed E-state index contributed by atoms with van der Waals surface area (Å²) >= 11 is 7.63. The number of amides is 2. The van der Waals surface area contributed by atoms with Gasteiger partial charge in [-0.1, -0.05) is 35.5 Å². The van der Waals surface area contributed by atoms with Gasteiger partial charge in [-0.15, -0.1) is 0 Å².